The monoisotopic (exact) mass is 526 g/mol. The summed E-state index contributed by atoms with van der Waals surface area (Å²) < 4.78 is 27.2. The highest BCUT2D eigenvalue weighted by Gasteiger charge is 2.59. The molecule has 0 saturated heterocycles. The molecule has 2 aliphatic carbocycles. The quantitative estimate of drug-likeness (QED) is 0.412. The first-order valence-corrected chi connectivity index (χ1v) is 13.5. The van der Waals surface area contributed by atoms with Crippen molar-refractivity contribution in [2.45, 2.75) is 58.1 Å². The molecule has 5 rings (SSSR count). The number of benzene rings is 2. The van der Waals surface area contributed by atoms with Crippen LogP contribution in [0.25, 0.3) is 10.6 Å². The van der Waals surface area contributed by atoms with E-state index in [0.29, 0.717) is 24.8 Å². The molecule has 2 aromatic carbocycles. The van der Waals surface area contributed by atoms with Crippen molar-refractivity contribution in [1.82, 2.24) is 10.3 Å². The lowest BCUT2D eigenvalue weighted by Crippen LogP contribution is -2.57. The predicted molar refractivity (Wildman–Crippen MR) is 139 cm³/mol. The van der Waals surface area contributed by atoms with Gasteiger partial charge in [-0.15, -0.1) is 11.3 Å². The molecule has 0 spiro atoms. The Kier molecular flexibility index (Phi) is 6.94. The van der Waals surface area contributed by atoms with Crippen LogP contribution in [0.2, 0.25) is 0 Å². The summed E-state index contributed by atoms with van der Waals surface area (Å²) in [7, 11) is 0. The van der Waals surface area contributed by atoms with Crippen molar-refractivity contribution in [3.63, 3.8) is 0 Å². The van der Waals surface area contributed by atoms with Crippen molar-refractivity contribution in [2.75, 3.05) is 6.61 Å². The number of fused-ring (bicyclic) bond motifs is 2. The largest absolute Gasteiger partial charge is 0.396 e. The second-order valence-corrected chi connectivity index (χ2v) is 12.1. The number of amides is 1. The van der Waals surface area contributed by atoms with Crippen LogP contribution < -0.4 is 5.32 Å². The molecule has 1 saturated carbocycles. The van der Waals surface area contributed by atoms with Crippen molar-refractivity contribution in [1.29, 1.82) is 0 Å². The number of halogens is 2. The fourth-order valence-corrected chi connectivity index (χ4v) is 7.69. The van der Waals surface area contributed by atoms with Crippen molar-refractivity contribution in [3.05, 3.63) is 76.3 Å². The Morgan fingerprint density at radius 1 is 1.16 bits per heavy atom. The molecule has 2 aliphatic rings. The van der Waals surface area contributed by atoms with Gasteiger partial charge in [-0.25, -0.2) is 13.8 Å². The molecular formula is C29H32F2N2O3S. The maximum atomic E-state index is 13.6. The Morgan fingerprint density at radius 3 is 2.54 bits per heavy atom. The zero-order valence-corrected chi connectivity index (χ0v) is 21.8. The SMILES string of the molecule is CC1(CO)C(O)CCC2(C)C(CC(=O)NCc3cc(F)cc(F)c3)c3nc(-c4ccccc4)sc3CC12. The van der Waals surface area contributed by atoms with Crippen molar-refractivity contribution >= 4 is 17.2 Å². The Hall–Kier alpha value is -2.68. The third-order valence-corrected chi connectivity index (χ3v) is 9.86. The number of aliphatic hydroxyl groups is 2. The third-order valence-electron chi connectivity index (χ3n) is 8.72. The Bertz CT molecular complexity index is 1280. The maximum Gasteiger partial charge on any atom is 0.220 e. The molecule has 1 amide bonds. The van der Waals surface area contributed by atoms with Crippen LogP contribution >= 0.6 is 11.3 Å². The van der Waals surface area contributed by atoms with Gasteiger partial charge in [-0.3, -0.25) is 4.79 Å². The summed E-state index contributed by atoms with van der Waals surface area (Å²) >= 11 is 1.61. The molecule has 0 bridgehead atoms. The minimum absolute atomic E-state index is 0.0205. The van der Waals surface area contributed by atoms with Crippen molar-refractivity contribution in [2.24, 2.45) is 16.7 Å². The van der Waals surface area contributed by atoms with E-state index < -0.39 is 23.2 Å². The summed E-state index contributed by atoms with van der Waals surface area (Å²) in [4.78, 5) is 19.4. The van der Waals surface area contributed by atoms with Gasteiger partial charge in [0, 0.05) is 40.8 Å². The summed E-state index contributed by atoms with van der Waals surface area (Å²) in [5, 5.41) is 25.1. The molecule has 0 radical (unpaired) electrons. The lowest BCUT2D eigenvalue weighted by atomic mass is 9.47. The highest BCUT2D eigenvalue weighted by molar-refractivity contribution is 7.15. The van der Waals surface area contributed by atoms with Crippen LogP contribution in [0.3, 0.4) is 0 Å². The van der Waals surface area contributed by atoms with Crippen LogP contribution in [0.5, 0.6) is 0 Å². The van der Waals surface area contributed by atoms with E-state index in [9.17, 15) is 23.8 Å². The number of carbonyl (C=O) groups is 1. The molecule has 5 atom stereocenters. The van der Waals surface area contributed by atoms with Gasteiger partial charge in [0.05, 0.1) is 18.4 Å². The highest BCUT2D eigenvalue weighted by atomic mass is 32.1. The lowest BCUT2D eigenvalue weighted by Gasteiger charge is -2.58. The number of nitrogens with zero attached hydrogens (tertiary/aromatic N) is 1. The zero-order chi connectivity index (χ0) is 26.4. The topological polar surface area (TPSA) is 82.5 Å². The molecule has 8 heteroatoms. The molecule has 37 heavy (non-hydrogen) atoms. The van der Waals surface area contributed by atoms with E-state index in [-0.39, 0.29) is 42.7 Å². The van der Waals surface area contributed by atoms with Gasteiger partial charge >= 0.3 is 0 Å². The number of nitrogens with one attached hydrogen (secondary N) is 1. The summed E-state index contributed by atoms with van der Waals surface area (Å²) in [5.41, 5.74) is 1.21. The first-order chi connectivity index (χ1) is 17.6. The smallest absolute Gasteiger partial charge is 0.220 e. The number of aliphatic hydroxyl groups excluding tert-OH is 2. The number of hydrogen-bond acceptors (Lipinski definition) is 5. The van der Waals surface area contributed by atoms with Gasteiger partial charge in [0.1, 0.15) is 16.6 Å². The molecule has 0 aliphatic heterocycles. The van der Waals surface area contributed by atoms with Crippen LogP contribution in [0.4, 0.5) is 8.78 Å². The summed E-state index contributed by atoms with van der Waals surface area (Å²) in [6.07, 6.45) is 1.46. The molecule has 3 N–H and O–H groups in total. The summed E-state index contributed by atoms with van der Waals surface area (Å²) in [6, 6.07) is 13.1. The van der Waals surface area contributed by atoms with Crippen molar-refractivity contribution in [3.8, 4) is 10.6 Å². The van der Waals surface area contributed by atoms with E-state index in [1.165, 1.54) is 12.1 Å². The molecule has 1 aromatic heterocycles. The first kappa shape index (κ1) is 25.9. The minimum atomic E-state index is -0.699. The average Bonchev–Trinajstić information content (AvgIpc) is 3.30. The molecule has 1 heterocycles. The van der Waals surface area contributed by atoms with Gasteiger partial charge in [0.25, 0.3) is 0 Å². The van der Waals surface area contributed by atoms with Gasteiger partial charge in [-0.05, 0) is 48.3 Å². The number of hydrogen-bond donors (Lipinski definition) is 3. The van der Waals surface area contributed by atoms with E-state index in [0.717, 1.165) is 27.2 Å². The number of carbonyl (C=O) groups excluding carboxylic acids is 1. The first-order valence-electron chi connectivity index (χ1n) is 12.7. The van der Waals surface area contributed by atoms with E-state index >= 15 is 0 Å². The lowest BCUT2D eigenvalue weighted by molar-refractivity contribution is -0.144. The average molecular weight is 527 g/mol. The third kappa shape index (κ3) is 4.71. The molecule has 196 valence electrons. The second kappa shape index (κ2) is 9.89. The Morgan fingerprint density at radius 2 is 1.86 bits per heavy atom. The van der Waals surface area contributed by atoms with E-state index in [1.807, 2.05) is 37.3 Å². The molecular weight excluding hydrogens is 494 g/mol. The van der Waals surface area contributed by atoms with Gasteiger partial charge in [0.2, 0.25) is 5.91 Å². The molecule has 3 aromatic rings. The second-order valence-electron chi connectivity index (χ2n) is 11.0. The Balaban J connectivity index is 1.48. The van der Waals surface area contributed by atoms with Gasteiger partial charge in [-0.1, -0.05) is 44.2 Å². The summed E-state index contributed by atoms with van der Waals surface area (Å²) in [5.74, 6) is -1.86. The van der Waals surface area contributed by atoms with Gasteiger partial charge in [0.15, 0.2) is 0 Å². The maximum absolute atomic E-state index is 13.6. The van der Waals surface area contributed by atoms with E-state index in [4.69, 9.17) is 4.98 Å². The molecule has 1 fully saturated rings. The van der Waals surface area contributed by atoms with Crippen LogP contribution in [0.1, 0.15) is 55.2 Å². The summed E-state index contributed by atoms with van der Waals surface area (Å²) in [6.45, 7) is 3.98. The van der Waals surface area contributed by atoms with Gasteiger partial charge in [-0.2, -0.15) is 0 Å². The standard InChI is InChI=1S/C29H32F2N2O3S/c1-28-9-8-24(35)29(2,16-34)23(28)14-22-26(33-27(37-22)18-6-4-3-5-7-18)21(28)13-25(36)32-15-17-10-19(30)12-20(31)11-17/h3-7,10-12,21,23-24,34-35H,8-9,13-16H2,1-2H3,(H,32,36). The number of thiazole rings is 1. The van der Waals surface area contributed by atoms with Gasteiger partial charge < -0.3 is 15.5 Å². The van der Waals surface area contributed by atoms with Crippen LogP contribution in [0.15, 0.2) is 48.5 Å². The highest BCUT2D eigenvalue weighted by Crippen LogP contribution is 2.62. The van der Waals surface area contributed by atoms with Crippen LogP contribution in [-0.2, 0) is 17.8 Å². The molecule has 5 unspecified atom stereocenters. The number of rotatable bonds is 6. The van der Waals surface area contributed by atoms with Crippen LogP contribution in [0, 0.1) is 28.4 Å². The number of aromatic nitrogens is 1. The zero-order valence-electron chi connectivity index (χ0n) is 21.0. The van der Waals surface area contributed by atoms with Crippen LogP contribution in [-0.4, -0.2) is 33.8 Å². The fraction of sp³-hybridized carbons (Fsp3) is 0.448. The predicted octanol–water partition coefficient (Wildman–Crippen LogP) is 5.21. The van der Waals surface area contributed by atoms with E-state index in [1.54, 1.807) is 11.3 Å². The van der Waals surface area contributed by atoms with Crippen molar-refractivity contribution < 1.29 is 23.8 Å². The minimum Gasteiger partial charge on any atom is -0.396 e. The fourth-order valence-electron chi connectivity index (χ4n) is 6.52. The normalized spacial score (nSPS) is 28.9. The van der Waals surface area contributed by atoms with E-state index in [2.05, 4.69) is 12.2 Å². The molecule has 5 nitrogen and oxygen atoms in total. The Labute approximate surface area is 219 Å².